The van der Waals surface area contributed by atoms with Crippen molar-refractivity contribution in [1.82, 2.24) is 10.3 Å². The number of nitrogens with one attached hydrogen (secondary N) is 1. The van der Waals surface area contributed by atoms with Crippen LogP contribution in [0.4, 0.5) is 0 Å². The largest absolute Gasteiger partial charge is 0.347 e. The highest BCUT2D eigenvalue weighted by Crippen LogP contribution is 2.18. The second kappa shape index (κ2) is 11.1. The van der Waals surface area contributed by atoms with Gasteiger partial charge in [-0.3, -0.25) is 9.78 Å². The van der Waals surface area contributed by atoms with Crippen molar-refractivity contribution in [2.24, 2.45) is 11.7 Å². The van der Waals surface area contributed by atoms with Crippen LogP contribution >= 0.6 is 24.8 Å². The quantitative estimate of drug-likeness (QED) is 0.800. The highest BCUT2D eigenvalue weighted by Gasteiger charge is 2.22. The minimum absolute atomic E-state index is 0. The van der Waals surface area contributed by atoms with Gasteiger partial charge in [-0.1, -0.05) is 42.8 Å². The summed E-state index contributed by atoms with van der Waals surface area (Å²) < 4.78 is 0. The number of carbonyl (C=O) groups is 1. The summed E-state index contributed by atoms with van der Waals surface area (Å²) in [6.45, 7) is 5.76. The van der Waals surface area contributed by atoms with Crippen molar-refractivity contribution in [2.75, 3.05) is 0 Å². The van der Waals surface area contributed by atoms with Gasteiger partial charge in [0.2, 0.25) is 5.91 Å². The number of carbonyl (C=O) groups excluding carboxylic acids is 1. The molecule has 0 bridgehead atoms. The number of nitrogens with zero attached hydrogens (tertiary/aromatic N) is 1. The summed E-state index contributed by atoms with van der Waals surface area (Å²) in [6.07, 6.45) is 2.45. The van der Waals surface area contributed by atoms with Gasteiger partial charge in [-0.15, -0.1) is 24.8 Å². The second-order valence-electron chi connectivity index (χ2n) is 6.15. The van der Waals surface area contributed by atoms with Crippen molar-refractivity contribution in [1.29, 1.82) is 0 Å². The van der Waals surface area contributed by atoms with Crippen molar-refractivity contribution >= 4 is 30.7 Å². The van der Waals surface area contributed by atoms with Gasteiger partial charge >= 0.3 is 0 Å². The Bertz CT molecular complexity index is 633. The third-order valence-electron chi connectivity index (χ3n) is 4.12. The van der Waals surface area contributed by atoms with E-state index < -0.39 is 0 Å². The Kier molecular flexibility index (Phi) is 10.4. The van der Waals surface area contributed by atoms with Crippen LogP contribution in [0.5, 0.6) is 0 Å². The molecule has 0 saturated carbocycles. The first kappa shape index (κ1) is 23.4. The molecule has 0 saturated heterocycles. The van der Waals surface area contributed by atoms with E-state index in [0.29, 0.717) is 6.42 Å². The van der Waals surface area contributed by atoms with Gasteiger partial charge in [0.1, 0.15) is 0 Å². The standard InChI is InChI=1S/C19H25N3O.2ClH/c1-13-7-9-16(10-8-13)12-18(17-6-4-5-11-21-17)22-19(23)14(2)15(3)20;;/h4-11,14-15,18H,12,20H2,1-3H3,(H,22,23);2*1H. The van der Waals surface area contributed by atoms with Gasteiger partial charge in [-0.25, -0.2) is 0 Å². The molecule has 1 aromatic carbocycles. The van der Waals surface area contributed by atoms with Crippen molar-refractivity contribution in [2.45, 2.75) is 39.3 Å². The molecule has 25 heavy (non-hydrogen) atoms. The molecule has 1 aromatic heterocycles. The number of hydrogen-bond acceptors (Lipinski definition) is 3. The van der Waals surface area contributed by atoms with E-state index in [2.05, 4.69) is 41.5 Å². The van der Waals surface area contributed by atoms with Crippen LogP contribution in [0.15, 0.2) is 48.7 Å². The van der Waals surface area contributed by atoms with Gasteiger partial charge < -0.3 is 11.1 Å². The zero-order valence-electron chi connectivity index (χ0n) is 14.8. The summed E-state index contributed by atoms with van der Waals surface area (Å²) in [5.41, 5.74) is 9.09. The van der Waals surface area contributed by atoms with Crippen LogP contribution in [0.2, 0.25) is 0 Å². The molecule has 0 radical (unpaired) electrons. The third-order valence-corrected chi connectivity index (χ3v) is 4.12. The average Bonchev–Trinajstić information content (AvgIpc) is 2.56. The number of pyridine rings is 1. The zero-order valence-corrected chi connectivity index (χ0v) is 16.4. The maximum absolute atomic E-state index is 12.4. The minimum Gasteiger partial charge on any atom is -0.347 e. The van der Waals surface area contributed by atoms with E-state index in [4.69, 9.17) is 5.73 Å². The van der Waals surface area contributed by atoms with Gasteiger partial charge in [0, 0.05) is 18.2 Å². The third kappa shape index (κ3) is 7.02. The summed E-state index contributed by atoms with van der Waals surface area (Å²) in [7, 11) is 0. The number of amides is 1. The van der Waals surface area contributed by atoms with Crippen LogP contribution < -0.4 is 11.1 Å². The fourth-order valence-electron chi connectivity index (χ4n) is 2.31. The average molecular weight is 384 g/mol. The summed E-state index contributed by atoms with van der Waals surface area (Å²) in [5, 5.41) is 3.10. The van der Waals surface area contributed by atoms with E-state index in [9.17, 15) is 4.79 Å². The van der Waals surface area contributed by atoms with Crippen molar-refractivity contribution in [3.63, 3.8) is 0 Å². The number of rotatable bonds is 6. The first-order chi connectivity index (χ1) is 11.0. The van der Waals surface area contributed by atoms with Gasteiger partial charge in [0.15, 0.2) is 0 Å². The molecule has 3 unspecified atom stereocenters. The number of aromatic nitrogens is 1. The Morgan fingerprint density at radius 3 is 2.28 bits per heavy atom. The van der Waals surface area contributed by atoms with Gasteiger partial charge in [-0.2, -0.15) is 0 Å². The number of nitrogens with two attached hydrogens (primary N) is 1. The molecule has 0 aliphatic carbocycles. The lowest BCUT2D eigenvalue weighted by Crippen LogP contribution is -2.41. The Morgan fingerprint density at radius 2 is 1.76 bits per heavy atom. The number of hydrogen-bond donors (Lipinski definition) is 2. The van der Waals surface area contributed by atoms with Gasteiger partial charge in [-0.05, 0) is 38.0 Å². The molecule has 3 atom stereocenters. The van der Waals surface area contributed by atoms with Crippen LogP contribution in [0.1, 0.15) is 36.7 Å². The van der Waals surface area contributed by atoms with E-state index in [1.807, 2.05) is 32.0 Å². The molecule has 2 rings (SSSR count). The lowest BCUT2D eigenvalue weighted by molar-refractivity contribution is -0.125. The lowest BCUT2D eigenvalue weighted by Gasteiger charge is -2.22. The minimum atomic E-state index is -0.237. The molecule has 0 aliphatic rings. The van der Waals surface area contributed by atoms with E-state index in [-0.39, 0.29) is 48.7 Å². The molecule has 138 valence electrons. The van der Waals surface area contributed by atoms with E-state index in [0.717, 1.165) is 5.69 Å². The Hall–Kier alpha value is -1.62. The van der Waals surface area contributed by atoms with E-state index >= 15 is 0 Å². The van der Waals surface area contributed by atoms with Crippen molar-refractivity contribution in [3.8, 4) is 0 Å². The fraction of sp³-hybridized carbons (Fsp3) is 0.368. The van der Waals surface area contributed by atoms with Crippen molar-refractivity contribution in [3.05, 3.63) is 65.5 Å². The molecule has 3 N–H and O–H groups in total. The molecular weight excluding hydrogens is 357 g/mol. The van der Waals surface area contributed by atoms with Crippen LogP contribution in [0.25, 0.3) is 0 Å². The Morgan fingerprint density at radius 1 is 1.12 bits per heavy atom. The Balaban J connectivity index is 0.00000288. The zero-order chi connectivity index (χ0) is 16.8. The lowest BCUT2D eigenvalue weighted by atomic mass is 9.99. The number of halogens is 2. The molecule has 4 nitrogen and oxygen atoms in total. The number of benzene rings is 1. The van der Waals surface area contributed by atoms with Crippen LogP contribution in [-0.4, -0.2) is 16.9 Å². The highest BCUT2D eigenvalue weighted by atomic mass is 35.5. The Labute approximate surface area is 162 Å². The smallest absolute Gasteiger partial charge is 0.224 e. The summed E-state index contributed by atoms with van der Waals surface area (Å²) in [6, 6.07) is 13.7. The summed E-state index contributed by atoms with van der Waals surface area (Å²) in [4.78, 5) is 16.8. The van der Waals surface area contributed by atoms with Crippen LogP contribution in [0.3, 0.4) is 0 Å². The van der Waals surface area contributed by atoms with E-state index in [1.54, 1.807) is 6.20 Å². The summed E-state index contributed by atoms with van der Waals surface area (Å²) in [5.74, 6) is -0.276. The SMILES string of the molecule is Cc1ccc(CC(NC(=O)C(C)C(C)N)c2ccccn2)cc1.Cl.Cl. The first-order valence-corrected chi connectivity index (χ1v) is 8.00. The molecule has 0 spiro atoms. The molecule has 6 heteroatoms. The highest BCUT2D eigenvalue weighted by molar-refractivity contribution is 5.85. The monoisotopic (exact) mass is 383 g/mol. The number of aryl methyl sites for hydroxylation is 1. The normalized spacial score (nSPS) is 13.6. The van der Waals surface area contributed by atoms with Gasteiger partial charge in [0.05, 0.1) is 11.7 Å². The predicted molar refractivity (Wildman–Crippen MR) is 107 cm³/mol. The van der Waals surface area contributed by atoms with Crippen molar-refractivity contribution < 1.29 is 4.79 Å². The van der Waals surface area contributed by atoms with Crippen LogP contribution in [-0.2, 0) is 11.2 Å². The molecule has 1 heterocycles. The van der Waals surface area contributed by atoms with Crippen LogP contribution in [0, 0.1) is 12.8 Å². The fourth-order valence-corrected chi connectivity index (χ4v) is 2.31. The predicted octanol–water partition coefficient (Wildman–Crippen LogP) is 3.62. The second-order valence-corrected chi connectivity index (χ2v) is 6.15. The molecule has 0 fully saturated rings. The first-order valence-electron chi connectivity index (χ1n) is 8.00. The maximum Gasteiger partial charge on any atom is 0.224 e. The molecular formula is C19H27Cl2N3O. The molecule has 1 amide bonds. The molecule has 0 aliphatic heterocycles. The summed E-state index contributed by atoms with van der Waals surface area (Å²) >= 11 is 0. The van der Waals surface area contributed by atoms with E-state index in [1.165, 1.54) is 11.1 Å². The molecule has 2 aromatic rings. The maximum atomic E-state index is 12.4. The van der Waals surface area contributed by atoms with Gasteiger partial charge in [0.25, 0.3) is 0 Å². The topological polar surface area (TPSA) is 68.0 Å².